The summed E-state index contributed by atoms with van der Waals surface area (Å²) in [7, 11) is 0. The lowest BCUT2D eigenvalue weighted by Gasteiger charge is -2.24. The standard InChI is InChI=1S/C22H25F3N4O4/c1-21(2,3)33-20(31)29-10-9-15(13-29)17-7-8-18(28-27-17)26-19(30)12-14-5-4-6-16(11-14)32-22(23,24)25/h4-8,11,15H,9-10,12-13H2,1-3H3,(H,26,28,30). The van der Waals surface area contributed by atoms with Gasteiger partial charge in [0.2, 0.25) is 5.91 Å². The smallest absolute Gasteiger partial charge is 0.444 e. The molecule has 1 unspecified atom stereocenters. The second-order valence-electron chi connectivity index (χ2n) is 8.68. The van der Waals surface area contributed by atoms with Crippen LogP contribution in [0.5, 0.6) is 5.75 Å². The minimum absolute atomic E-state index is 0.00569. The number of carbonyl (C=O) groups is 2. The molecule has 11 heteroatoms. The van der Waals surface area contributed by atoms with Crippen molar-refractivity contribution in [3.8, 4) is 5.75 Å². The number of nitrogens with zero attached hydrogens (tertiary/aromatic N) is 3. The molecule has 1 N–H and O–H groups in total. The van der Waals surface area contributed by atoms with Gasteiger partial charge in [0, 0.05) is 19.0 Å². The van der Waals surface area contributed by atoms with Crippen LogP contribution in [-0.2, 0) is 16.0 Å². The number of amides is 2. The molecular formula is C22H25F3N4O4. The number of benzene rings is 1. The molecule has 1 aliphatic rings. The Hall–Kier alpha value is -3.37. The maximum absolute atomic E-state index is 12.4. The molecule has 1 atom stereocenters. The molecule has 0 saturated carbocycles. The van der Waals surface area contributed by atoms with Crippen LogP contribution in [0.15, 0.2) is 36.4 Å². The number of nitrogens with one attached hydrogen (secondary N) is 1. The number of anilines is 1. The second kappa shape index (κ2) is 9.63. The van der Waals surface area contributed by atoms with Crippen LogP contribution in [0.25, 0.3) is 0 Å². The van der Waals surface area contributed by atoms with Gasteiger partial charge in [-0.15, -0.1) is 18.3 Å². The van der Waals surface area contributed by atoms with E-state index in [1.165, 1.54) is 12.1 Å². The molecule has 1 fully saturated rings. The van der Waals surface area contributed by atoms with Gasteiger partial charge in [-0.25, -0.2) is 4.79 Å². The zero-order valence-electron chi connectivity index (χ0n) is 18.5. The topological polar surface area (TPSA) is 93.7 Å². The van der Waals surface area contributed by atoms with Crippen LogP contribution in [-0.4, -0.2) is 52.2 Å². The maximum atomic E-state index is 12.4. The van der Waals surface area contributed by atoms with Gasteiger partial charge in [-0.05, 0) is 57.0 Å². The lowest BCUT2D eigenvalue weighted by atomic mass is 10.1. The number of rotatable bonds is 5. The van der Waals surface area contributed by atoms with Crippen LogP contribution >= 0.6 is 0 Å². The summed E-state index contributed by atoms with van der Waals surface area (Å²) in [5.74, 6) is -0.633. The minimum atomic E-state index is -4.80. The predicted octanol–water partition coefficient (Wildman–Crippen LogP) is 4.28. The summed E-state index contributed by atoms with van der Waals surface area (Å²) < 4.78 is 46.3. The van der Waals surface area contributed by atoms with Crippen molar-refractivity contribution in [3.63, 3.8) is 0 Å². The summed E-state index contributed by atoms with van der Waals surface area (Å²) in [6.45, 7) is 6.44. The zero-order chi connectivity index (χ0) is 24.2. The third-order valence-corrected chi connectivity index (χ3v) is 4.71. The quantitative estimate of drug-likeness (QED) is 0.707. The van der Waals surface area contributed by atoms with E-state index in [9.17, 15) is 22.8 Å². The Morgan fingerprint density at radius 2 is 1.91 bits per heavy atom. The highest BCUT2D eigenvalue weighted by Gasteiger charge is 2.32. The van der Waals surface area contributed by atoms with Crippen molar-refractivity contribution in [2.24, 2.45) is 0 Å². The van der Waals surface area contributed by atoms with E-state index in [0.717, 1.165) is 18.6 Å². The van der Waals surface area contributed by atoms with Gasteiger partial charge < -0.3 is 19.7 Å². The van der Waals surface area contributed by atoms with E-state index in [-0.39, 0.29) is 24.2 Å². The Bertz CT molecular complexity index is 990. The normalized spacial score (nSPS) is 16.4. The molecule has 0 aliphatic carbocycles. The molecule has 1 saturated heterocycles. The van der Waals surface area contributed by atoms with E-state index in [1.54, 1.807) is 17.0 Å². The lowest BCUT2D eigenvalue weighted by molar-refractivity contribution is -0.274. The van der Waals surface area contributed by atoms with Crippen LogP contribution in [0.2, 0.25) is 0 Å². The second-order valence-corrected chi connectivity index (χ2v) is 8.68. The Morgan fingerprint density at radius 3 is 2.55 bits per heavy atom. The zero-order valence-corrected chi connectivity index (χ0v) is 18.5. The summed E-state index contributed by atoms with van der Waals surface area (Å²) in [4.78, 5) is 26.1. The fourth-order valence-electron chi connectivity index (χ4n) is 3.35. The molecule has 1 aromatic heterocycles. The average molecular weight is 466 g/mol. The van der Waals surface area contributed by atoms with Gasteiger partial charge in [0.25, 0.3) is 0 Å². The molecule has 2 amide bonds. The number of carbonyl (C=O) groups excluding carboxylic acids is 2. The highest BCUT2D eigenvalue weighted by molar-refractivity contribution is 5.91. The number of aromatic nitrogens is 2. The number of hydrogen-bond acceptors (Lipinski definition) is 6. The number of alkyl halides is 3. The summed E-state index contributed by atoms with van der Waals surface area (Å²) in [6.07, 6.45) is -4.62. The number of halogens is 3. The molecule has 2 heterocycles. The first-order valence-electron chi connectivity index (χ1n) is 10.3. The summed E-state index contributed by atoms with van der Waals surface area (Å²) in [5.41, 5.74) is 0.477. The lowest BCUT2D eigenvalue weighted by Crippen LogP contribution is -2.35. The molecule has 0 bridgehead atoms. The van der Waals surface area contributed by atoms with Gasteiger partial charge in [-0.2, -0.15) is 5.10 Å². The van der Waals surface area contributed by atoms with Crippen molar-refractivity contribution in [2.45, 2.75) is 51.5 Å². The van der Waals surface area contributed by atoms with E-state index < -0.39 is 23.6 Å². The first-order chi connectivity index (χ1) is 15.4. The van der Waals surface area contributed by atoms with Crippen LogP contribution in [0, 0.1) is 0 Å². The Labute approximate surface area is 189 Å². The van der Waals surface area contributed by atoms with Gasteiger partial charge in [-0.1, -0.05) is 12.1 Å². The van der Waals surface area contributed by atoms with E-state index in [1.807, 2.05) is 20.8 Å². The molecule has 8 nitrogen and oxygen atoms in total. The van der Waals surface area contributed by atoms with Gasteiger partial charge in [0.05, 0.1) is 12.1 Å². The van der Waals surface area contributed by atoms with Gasteiger partial charge in [-0.3, -0.25) is 4.79 Å². The molecule has 3 rings (SSSR count). The van der Waals surface area contributed by atoms with Crippen LogP contribution in [0.3, 0.4) is 0 Å². The Morgan fingerprint density at radius 1 is 1.15 bits per heavy atom. The number of ether oxygens (including phenoxy) is 2. The monoisotopic (exact) mass is 466 g/mol. The van der Waals surface area contributed by atoms with Crippen LogP contribution in [0.4, 0.5) is 23.8 Å². The van der Waals surface area contributed by atoms with Crippen molar-refractivity contribution in [1.29, 1.82) is 0 Å². The first-order valence-corrected chi connectivity index (χ1v) is 10.3. The van der Waals surface area contributed by atoms with Crippen molar-refractivity contribution >= 4 is 17.8 Å². The summed E-state index contributed by atoms with van der Waals surface area (Å²) in [6, 6.07) is 8.53. The molecule has 1 aromatic carbocycles. The maximum Gasteiger partial charge on any atom is 0.573 e. The summed E-state index contributed by atoms with van der Waals surface area (Å²) in [5, 5.41) is 10.7. The van der Waals surface area contributed by atoms with Crippen molar-refractivity contribution in [3.05, 3.63) is 47.7 Å². The van der Waals surface area contributed by atoms with E-state index in [2.05, 4.69) is 20.3 Å². The third-order valence-electron chi connectivity index (χ3n) is 4.71. The molecule has 33 heavy (non-hydrogen) atoms. The van der Waals surface area contributed by atoms with Gasteiger partial charge in [0.15, 0.2) is 5.82 Å². The predicted molar refractivity (Wildman–Crippen MR) is 113 cm³/mol. The van der Waals surface area contributed by atoms with Crippen LogP contribution in [0.1, 0.15) is 44.4 Å². The van der Waals surface area contributed by atoms with Crippen molar-refractivity contribution in [1.82, 2.24) is 15.1 Å². The number of hydrogen-bond donors (Lipinski definition) is 1. The molecular weight excluding hydrogens is 441 g/mol. The third kappa shape index (κ3) is 7.62. The van der Waals surface area contributed by atoms with E-state index in [0.29, 0.717) is 24.3 Å². The molecule has 0 spiro atoms. The van der Waals surface area contributed by atoms with E-state index >= 15 is 0 Å². The SMILES string of the molecule is CC(C)(C)OC(=O)N1CCC(c2ccc(NC(=O)Cc3cccc(OC(F)(F)F)c3)nn2)C1. The largest absolute Gasteiger partial charge is 0.573 e. The summed E-state index contributed by atoms with van der Waals surface area (Å²) >= 11 is 0. The van der Waals surface area contributed by atoms with Crippen LogP contribution < -0.4 is 10.1 Å². The molecule has 178 valence electrons. The van der Waals surface area contributed by atoms with Gasteiger partial charge >= 0.3 is 12.5 Å². The average Bonchev–Trinajstić information content (AvgIpc) is 3.16. The minimum Gasteiger partial charge on any atom is -0.444 e. The Balaban J connectivity index is 1.53. The van der Waals surface area contributed by atoms with Crippen molar-refractivity contribution < 1.29 is 32.2 Å². The molecule has 0 radical (unpaired) electrons. The number of likely N-dealkylation sites (tertiary alicyclic amines) is 1. The fraction of sp³-hybridized carbons (Fsp3) is 0.455. The van der Waals surface area contributed by atoms with E-state index in [4.69, 9.17) is 4.74 Å². The molecule has 1 aliphatic heterocycles. The highest BCUT2D eigenvalue weighted by atomic mass is 19.4. The highest BCUT2D eigenvalue weighted by Crippen LogP contribution is 2.27. The molecule has 2 aromatic rings. The van der Waals surface area contributed by atoms with Crippen molar-refractivity contribution in [2.75, 3.05) is 18.4 Å². The Kier molecular flexibility index (Phi) is 7.09. The van der Waals surface area contributed by atoms with Gasteiger partial charge in [0.1, 0.15) is 11.4 Å². The first kappa shape index (κ1) is 24.3. The fourth-order valence-corrected chi connectivity index (χ4v) is 3.35.